The van der Waals surface area contributed by atoms with Crippen LogP contribution in [0.5, 0.6) is 0 Å². The van der Waals surface area contributed by atoms with Crippen LogP contribution in [0.2, 0.25) is 0 Å². The predicted octanol–water partition coefficient (Wildman–Crippen LogP) is 3.03. The molecule has 0 spiro atoms. The van der Waals surface area contributed by atoms with Gasteiger partial charge in [-0.1, -0.05) is 25.0 Å². The van der Waals surface area contributed by atoms with Crippen molar-refractivity contribution in [3.05, 3.63) is 29.8 Å². The van der Waals surface area contributed by atoms with Crippen molar-refractivity contribution in [1.82, 2.24) is 4.90 Å². The summed E-state index contributed by atoms with van der Waals surface area (Å²) in [5, 5.41) is 9.32. The Morgan fingerprint density at radius 1 is 1.00 bits per heavy atom. The molecule has 2 aliphatic carbocycles. The molecular weight excluding hydrogens is 298 g/mol. The van der Waals surface area contributed by atoms with Gasteiger partial charge in [0.2, 0.25) is 5.91 Å². The van der Waals surface area contributed by atoms with Gasteiger partial charge in [0, 0.05) is 32.1 Å². The lowest BCUT2D eigenvalue weighted by Gasteiger charge is -2.24. The second kappa shape index (κ2) is 6.47. The quantitative estimate of drug-likeness (QED) is 0.840. The van der Waals surface area contributed by atoms with Crippen molar-refractivity contribution in [1.29, 1.82) is 5.26 Å². The Labute approximate surface area is 144 Å². The minimum absolute atomic E-state index is 0.324. The van der Waals surface area contributed by atoms with Gasteiger partial charge >= 0.3 is 0 Å². The summed E-state index contributed by atoms with van der Waals surface area (Å²) in [7, 11) is 0. The number of hydrogen-bond donors (Lipinski definition) is 0. The first-order valence-corrected chi connectivity index (χ1v) is 9.32. The number of fused-ring (bicyclic) bond motifs is 1. The van der Waals surface area contributed by atoms with Gasteiger partial charge in [0.25, 0.3) is 0 Å². The van der Waals surface area contributed by atoms with E-state index in [4.69, 9.17) is 0 Å². The number of nitrogens with zero attached hydrogens (tertiary/aromatic N) is 3. The second-order valence-corrected chi connectivity index (χ2v) is 7.43. The van der Waals surface area contributed by atoms with Crippen molar-refractivity contribution in [2.24, 2.45) is 17.8 Å². The van der Waals surface area contributed by atoms with Crippen LogP contribution in [0.25, 0.3) is 0 Å². The van der Waals surface area contributed by atoms with Crippen LogP contribution in [-0.4, -0.2) is 37.0 Å². The fourth-order valence-corrected chi connectivity index (χ4v) is 4.79. The summed E-state index contributed by atoms with van der Waals surface area (Å²) in [4.78, 5) is 17.3. The Bertz CT molecular complexity index is 653. The Morgan fingerprint density at radius 2 is 1.75 bits per heavy atom. The Hall–Kier alpha value is -2.02. The van der Waals surface area contributed by atoms with Crippen molar-refractivity contribution in [3.63, 3.8) is 0 Å². The highest BCUT2D eigenvalue weighted by atomic mass is 16.2. The summed E-state index contributed by atoms with van der Waals surface area (Å²) in [5.41, 5.74) is 1.74. The molecule has 1 aromatic rings. The highest BCUT2D eigenvalue weighted by Gasteiger charge is 2.55. The van der Waals surface area contributed by atoms with E-state index in [9.17, 15) is 10.1 Å². The van der Waals surface area contributed by atoms with Crippen LogP contribution in [0.3, 0.4) is 0 Å². The lowest BCUT2D eigenvalue weighted by Crippen LogP contribution is -2.36. The molecule has 1 saturated heterocycles. The van der Waals surface area contributed by atoms with E-state index in [1.165, 1.54) is 25.7 Å². The molecule has 24 heavy (non-hydrogen) atoms. The SMILES string of the molecule is N#Cc1ccccc1N1CCCN(C(=O)C2[C@H]3CCCC[C@H]23)CC1. The molecule has 1 aliphatic heterocycles. The molecule has 0 aromatic heterocycles. The van der Waals surface area contributed by atoms with Crippen LogP contribution in [0.1, 0.15) is 37.7 Å². The molecule has 1 amide bonds. The van der Waals surface area contributed by atoms with Crippen LogP contribution in [0.15, 0.2) is 24.3 Å². The van der Waals surface area contributed by atoms with Gasteiger partial charge in [0.05, 0.1) is 11.3 Å². The molecular formula is C20H25N3O. The van der Waals surface area contributed by atoms with E-state index in [-0.39, 0.29) is 0 Å². The molecule has 4 heteroatoms. The van der Waals surface area contributed by atoms with Crippen molar-refractivity contribution in [2.45, 2.75) is 32.1 Å². The molecule has 1 aromatic carbocycles. The van der Waals surface area contributed by atoms with E-state index < -0.39 is 0 Å². The number of carbonyl (C=O) groups excluding carboxylic acids is 1. The summed E-state index contributed by atoms with van der Waals surface area (Å²) in [6, 6.07) is 10.1. The van der Waals surface area contributed by atoms with Crippen LogP contribution < -0.4 is 4.90 Å². The van der Waals surface area contributed by atoms with Gasteiger partial charge in [-0.3, -0.25) is 4.79 Å². The molecule has 2 atom stereocenters. The highest BCUT2D eigenvalue weighted by molar-refractivity contribution is 5.82. The minimum atomic E-state index is 0.324. The van der Waals surface area contributed by atoms with Gasteiger partial charge in [0.1, 0.15) is 6.07 Å². The fraction of sp³-hybridized carbons (Fsp3) is 0.600. The first-order chi connectivity index (χ1) is 11.8. The lowest BCUT2D eigenvalue weighted by molar-refractivity contribution is -0.133. The molecule has 3 aliphatic rings. The molecule has 0 N–H and O–H groups in total. The first-order valence-electron chi connectivity index (χ1n) is 9.32. The first kappa shape index (κ1) is 15.5. The maximum Gasteiger partial charge on any atom is 0.226 e. The van der Waals surface area contributed by atoms with Crippen molar-refractivity contribution in [3.8, 4) is 6.07 Å². The van der Waals surface area contributed by atoms with Gasteiger partial charge in [0.15, 0.2) is 0 Å². The fourth-order valence-electron chi connectivity index (χ4n) is 4.79. The largest absolute Gasteiger partial charge is 0.369 e. The molecule has 1 heterocycles. The predicted molar refractivity (Wildman–Crippen MR) is 93.5 cm³/mol. The number of nitriles is 1. The number of rotatable bonds is 2. The molecule has 126 valence electrons. The minimum Gasteiger partial charge on any atom is -0.369 e. The second-order valence-electron chi connectivity index (χ2n) is 7.43. The summed E-state index contributed by atoms with van der Waals surface area (Å²) >= 11 is 0. The van der Waals surface area contributed by atoms with E-state index in [0.29, 0.717) is 23.7 Å². The van der Waals surface area contributed by atoms with Gasteiger partial charge in [-0.25, -0.2) is 0 Å². The summed E-state index contributed by atoms with van der Waals surface area (Å²) in [6.07, 6.45) is 6.12. The number of hydrogen-bond acceptors (Lipinski definition) is 3. The third kappa shape index (κ3) is 2.77. The summed E-state index contributed by atoms with van der Waals surface area (Å²) in [6.45, 7) is 3.39. The van der Waals surface area contributed by atoms with Crippen LogP contribution >= 0.6 is 0 Å². The van der Waals surface area contributed by atoms with Gasteiger partial charge in [-0.15, -0.1) is 0 Å². The van der Waals surface area contributed by atoms with Crippen LogP contribution in [-0.2, 0) is 4.79 Å². The van der Waals surface area contributed by atoms with E-state index >= 15 is 0 Å². The van der Waals surface area contributed by atoms with Crippen molar-refractivity contribution in [2.75, 3.05) is 31.1 Å². The van der Waals surface area contributed by atoms with E-state index in [1.54, 1.807) is 0 Å². The molecule has 4 rings (SSSR count). The number of benzene rings is 1. The maximum absolute atomic E-state index is 12.9. The number of amides is 1. The normalized spacial score (nSPS) is 29.4. The third-order valence-electron chi connectivity index (χ3n) is 6.11. The third-order valence-corrected chi connectivity index (χ3v) is 6.11. The molecule has 0 bridgehead atoms. The van der Waals surface area contributed by atoms with Gasteiger partial charge in [-0.2, -0.15) is 5.26 Å². The lowest BCUT2D eigenvalue weighted by atomic mass is 10.0. The topological polar surface area (TPSA) is 47.3 Å². The zero-order valence-corrected chi connectivity index (χ0v) is 14.2. The zero-order valence-electron chi connectivity index (χ0n) is 14.2. The Balaban J connectivity index is 1.41. The Morgan fingerprint density at radius 3 is 2.50 bits per heavy atom. The van der Waals surface area contributed by atoms with Gasteiger partial charge in [-0.05, 0) is 43.2 Å². The Kier molecular flexibility index (Phi) is 4.18. The summed E-state index contributed by atoms with van der Waals surface area (Å²) in [5.74, 6) is 2.10. The monoisotopic (exact) mass is 323 g/mol. The van der Waals surface area contributed by atoms with Crippen LogP contribution in [0, 0.1) is 29.1 Å². The molecule has 0 radical (unpaired) electrons. The van der Waals surface area contributed by atoms with Crippen molar-refractivity contribution < 1.29 is 4.79 Å². The van der Waals surface area contributed by atoms with Crippen LogP contribution in [0.4, 0.5) is 5.69 Å². The smallest absolute Gasteiger partial charge is 0.226 e. The molecule has 3 fully saturated rings. The number of carbonyl (C=O) groups is 1. The zero-order chi connectivity index (χ0) is 16.5. The molecule has 0 unspecified atom stereocenters. The van der Waals surface area contributed by atoms with E-state index in [2.05, 4.69) is 15.9 Å². The molecule has 2 saturated carbocycles. The maximum atomic E-state index is 12.9. The average molecular weight is 323 g/mol. The number of para-hydroxylation sites is 1. The number of anilines is 1. The highest BCUT2D eigenvalue weighted by Crippen LogP contribution is 2.56. The average Bonchev–Trinajstić information content (AvgIpc) is 3.40. The molecule has 4 nitrogen and oxygen atoms in total. The van der Waals surface area contributed by atoms with E-state index in [1.807, 2.05) is 24.3 Å². The van der Waals surface area contributed by atoms with E-state index in [0.717, 1.165) is 43.9 Å². The summed E-state index contributed by atoms with van der Waals surface area (Å²) < 4.78 is 0. The van der Waals surface area contributed by atoms with Crippen molar-refractivity contribution >= 4 is 11.6 Å². The van der Waals surface area contributed by atoms with Gasteiger partial charge < -0.3 is 9.80 Å². The standard InChI is InChI=1S/C20H25N3O/c21-14-15-6-1-4-9-18(15)22-10-5-11-23(13-12-22)20(24)19-16-7-2-3-8-17(16)19/h1,4,6,9,16-17,19H,2-3,5,7-8,10-13H2/t16-,17-/m0/s1.